The number of benzene rings is 1. The van der Waals surface area contributed by atoms with Crippen molar-refractivity contribution in [2.45, 2.75) is 26.3 Å². The normalized spacial score (nSPS) is 10.3. The standard InChI is InChI=1S/C13H17FN2O3/c1-8(2)16-12(17)5-6-19-13(18)10-7-9(14)3-4-11(10)15/h3-4,7-8H,5-6,15H2,1-2H3,(H,16,17). The smallest absolute Gasteiger partial charge is 0.340 e. The number of hydrogen-bond donors (Lipinski definition) is 2. The van der Waals surface area contributed by atoms with Gasteiger partial charge in [-0.25, -0.2) is 9.18 Å². The minimum Gasteiger partial charge on any atom is -0.461 e. The summed E-state index contributed by atoms with van der Waals surface area (Å²) in [6, 6.07) is 3.48. The van der Waals surface area contributed by atoms with Crippen LogP contribution in [-0.2, 0) is 9.53 Å². The molecule has 0 aliphatic rings. The molecule has 0 fully saturated rings. The van der Waals surface area contributed by atoms with E-state index in [-0.39, 0.29) is 36.2 Å². The highest BCUT2D eigenvalue weighted by molar-refractivity contribution is 5.95. The summed E-state index contributed by atoms with van der Waals surface area (Å²) in [7, 11) is 0. The van der Waals surface area contributed by atoms with Gasteiger partial charge in [0.2, 0.25) is 5.91 Å². The van der Waals surface area contributed by atoms with E-state index in [1.807, 2.05) is 13.8 Å². The van der Waals surface area contributed by atoms with Crippen molar-refractivity contribution in [1.29, 1.82) is 0 Å². The molecule has 0 heterocycles. The third-order valence-corrected chi connectivity index (χ3v) is 2.25. The largest absolute Gasteiger partial charge is 0.461 e. The molecule has 104 valence electrons. The van der Waals surface area contributed by atoms with E-state index >= 15 is 0 Å². The Morgan fingerprint density at radius 2 is 2.11 bits per heavy atom. The molecule has 0 unspecified atom stereocenters. The molecule has 0 aliphatic carbocycles. The summed E-state index contributed by atoms with van der Waals surface area (Å²) in [5, 5.41) is 2.66. The second-order valence-corrected chi connectivity index (χ2v) is 4.34. The Labute approximate surface area is 110 Å². The van der Waals surface area contributed by atoms with Gasteiger partial charge in [-0.1, -0.05) is 0 Å². The number of halogens is 1. The lowest BCUT2D eigenvalue weighted by Crippen LogP contribution is -2.31. The van der Waals surface area contributed by atoms with Crippen molar-refractivity contribution in [1.82, 2.24) is 5.32 Å². The molecule has 0 aliphatic heterocycles. The monoisotopic (exact) mass is 268 g/mol. The predicted octanol–water partition coefficient (Wildman–Crippen LogP) is 1.48. The van der Waals surface area contributed by atoms with Crippen LogP contribution in [0.25, 0.3) is 0 Å². The summed E-state index contributed by atoms with van der Waals surface area (Å²) in [5.41, 5.74) is 5.64. The number of nitrogens with two attached hydrogens (primary N) is 1. The molecule has 19 heavy (non-hydrogen) atoms. The molecule has 0 spiro atoms. The lowest BCUT2D eigenvalue weighted by atomic mass is 10.2. The average Bonchev–Trinajstić information content (AvgIpc) is 2.31. The molecule has 1 amide bonds. The maximum absolute atomic E-state index is 13.0. The van der Waals surface area contributed by atoms with E-state index in [0.717, 1.165) is 12.1 Å². The lowest BCUT2D eigenvalue weighted by molar-refractivity contribution is -0.122. The van der Waals surface area contributed by atoms with Crippen molar-refractivity contribution in [3.63, 3.8) is 0 Å². The molecular formula is C13H17FN2O3. The maximum Gasteiger partial charge on any atom is 0.340 e. The molecule has 0 saturated heterocycles. The first-order valence-corrected chi connectivity index (χ1v) is 5.91. The third-order valence-electron chi connectivity index (χ3n) is 2.25. The van der Waals surface area contributed by atoms with Crippen molar-refractivity contribution >= 4 is 17.6 Å². The van der Waals surface area contributed by atoms with Crippen LogP contribution in [0.3, 0.4) is 0 Å². The van der Waals surface area contributed by atoms with Crippen molar-refractivity contribution in [2.75, 3.05) is 12.3 Å². The fourth-order valence-corrected chi connectivity index (χ4v) is 1.41. The fraction of sp³-hybridized carbons (Fsp3) is 0.385. The summed E-state index contributed by atoms with van der Waals surface area (Å²) < 4.78 is 17.8. The molecule has 6 heteroatoms. The number of nitrogen functional groups attached to an aromatic ring is 1. The summed E-state index contributed by atoms with van der Waals surface area (Å²) in [4.78, 5) is 22.9. The van der Waals surface area contributed by atoms with Gasteiger partial charge in [-0.2, -0.15) is 0 Å². The maximum atomic E-state index is 13.0. The zero-order chi connectivity index (χ0) is 14.4. The van der Waals surface area contributed by atoms with Crippen molar-refractivity contribution in [3.8, 4) is 0 Å². The zero-order valence-electron chi connectivity index (χ0n) is 10.9. The highest BCUT2D eigenvalue weighted by Gasteiger charge is 2.13. The first-order valence-electron chi connectivity index (χ1n) is 5.91. The summed E-state index contributed by atoms with van der Waals surface area (Å²) in [6.45, 7) is 3.59. The highest BCUT2D eigenvalue weighted by Crippen LogP contribution is 2.14. The first kappa shape index (κ1) is 14.9. The number of anilines is 1. The predicted molar refractivity (Wildman–Crippen MR) is 69.0 cm³/mol. The Bertz CT molecular complexity index is 475. The first-order chi connectivity index (χ1) is 8.90. The number of nitrogens with one attached hydrogen (secondary N) is 1. The van der Waals surface area contributed by atoms with Gasteiger partial charge in [0.1, 0.15) is 12.4 Å². The van der Waals surface area contributed by atoms with E-state index in [0.29, 0.717) is 0 Å². The molecule has 1 aromatic rings. The van der Waals surface area contributed by atoms with E-state index in [4.69, 9.17) is 10.5 Å². The molecule has 0 atom stereocenters. The summed E-state index contributed by atoms with van der Waals surface area (Å²) >= 11 is 0. The quantitative estimate of drug-likeness (QED) is 0.626. The second-order valence-electron chi connectivity index (χ2n) is 4.34. The van der Waals surface area contributed by atoms with Crippen LogP contribution >= 0.6 is 0 Å². The Hall–Kier alpha value is -2.11. The SMILES string of the molecule is CC(C)NC(=O)CCOC(=O)c1cc(F)ccc1N. The molecular weight excluding hydrogens is 251 g/mol. The van der Waals surface area contributed by atoms with Gasteiger partial charge in [0.15, 0.2) is 0 Å². The van der Waals surface area contributed by atoms with Gasteiger partial charge in [-0.3, -0.25) is 4.79 Å². The van der Waals surface area contributed by atoms with Gasteiger partial charge in [0, 0.05) is 11.7 Å². The Balaban J connectivity index is 2.48. The number of hydrogen-bond acceptors (Lipinski definition) is 4. The van der Waals surface area contributed by atoms with Crippen molar-refractivity contribution in [2.24, 2.45) is 0 Å². The van der Waals surface area contributed by atoms with Crippen LogP contribution in [-0.4, -0.2) is 24.5 Å². The van der Waals surface area contributed by atoms with Crippen LogP contribution in [0.1, 0.15) is 30.6 Å². The van der Waals surface area contributed by atoms with Crippen LogP contribution in [0.5, 0.6) is 0 Å². The van der Waals surface area contributed by atoms with Crippen LogP contribution in [0.2, 0.25) is 0 Å². The van der Waals surface area contributed by atoms with Gasteiger partial charge in [0.25, 0.3) is 0 Å². The van der Waals surface area contributed by atoms with E-state index in [1.165, 1.54) is 6.07 Å². The van der Waals surface area contributed by atoms with E-state index in [1.54, 1.807) is 0 Å². The number of rotatable bonds is 5. The molecule has 0 aromatic heterocycles. The van der Waals surface area contributed by atoms with Gasteiger partial charge in [-0.15, -0.1) is 0 Å². The average molecular weight is 268 g/mol. The highest BCUT2D eigenvalue weighted by atomic mass is 19.1. The van der Waals surface area contributed by atoms with Gasteiger partial charge in [-0.05, 0) is 32.0 Å². The van der Waals surface area contributed by atoms with Gasteiger partial charge in [0.05, 0.1) is 12.0 Å². The van der Waals surface area contributed by atoms with Gasteiger partial charge >= 0.3 is 5.97 Å². The molecule has 1 rings (SSSR count). The second kappa shape index (κ2) is 6.72. The Morgan fingerprint density at radius 3 is 2.74 bits per heavy atom. The number of carbonyl (C=O) groups excluding carboxylic acids is 2. The minimum absolute atomic E-state index is 0.0297. The Morgan fingerprint density at radius 1 is 1.42 bits per heavy atom. The summed E-state index contributed by atoms with van der Waals surface area (Å²) in [5.74, 6) is -1.52. The van der Waals surface area contributed by atoms with Gasteiger partial charge < -0.3 is 15.8 Å². The molecule has 0 saturated carbocycles. The van der Waals surface area contributed by atoms with Crippen LogP contribution in [0.4, 0.5) is 10.1 Å². The van der Waals surface area contributed by atoms with Crippen LogP contribution in [0.15, 0.2) is 18.2 Å². The van der Waals surface area contributed by atoms with Crippen molar-refractivity contribution in [3.05, 3.63) is 29.6 Å². The van der Waals surface area contributed by atoms with E-state index in [2.05, 4.69) is 5.32 Å². The van der Waals surface area contributed by atoms with Crippen molar-refractivity contribution < 1.29 is 18.7 Å². The van der Waals surface area contributed by atoms with Crippen LogP contribution < -0.4 is 11.1 Å². The minimum atomic E-state index is -0.741. The molecule has 5 nitrogen and oxygen atoms in total. The molecule has 3 N–H and O–H groups in total. The third kappa shape index (κ3) is 4.95. The topological polar surface area (TPSA) is 81.4 Å². The fourth-order valence-electron chi connectivity index (χ4n) is 1.41. The molecule has 0 radical (unpaired) electrons. The zero-order valence-corrected chi connectivity index (χ0v) is 10.9. The number of amides is 1. The summed E-state index contributed by atoms with van der Waals surface area (Å²) in [6.07, 6.45) is 0.0547. The van der Waals surface area contributed by atoms with E-state index in [9.17, 15) is 14.0 Å². The number of esters is 1. The molecule has 1 aromatic carbocycles. The molecule has 0 bridgehead atoms. The number of carbonyl (C=O) groups is 2. The van der Waals surface area contributed by atoms with Crippen LogP contribution in [0, 0.1) is 5.82 Å². The van der Waals surface area contributed by atoms with E-state index < -0.39 is 11.8 Å². The number of ether oxygens (including phenoxy) is 1. The Kier molecular flexibility index (Phi) is 5.29. The lowest BCUT2D eigenvalue weighted by Gasteiger charge is -2.09.